The van der Waals surface area contributed by atoms with Crippen molar-refractivity contribution in [3.05, 3.63) is 29.8 Å². The number of ether oxygens (including phenoxy) is 2. The first-order valence-electron chi connectivity index (χ1n) is 5.05. The van der Waals surface area contributed by atoms with Gasteiger partial charge in [0.15, 0.2) is 0 Å². The summed E-state index contributed by atoms with van der Waals surface area (Å²) < 4.78 is 43.5. The summed E-state index contributed by atoms with van der Waals surface area (Å²) in [5.41, 5.74) is 0.970. The quantitative estimate of drug-likeness (QED) is 0.785. The van der Waals surface area contributed by atoms with E-state index in [4.69, 9.17) is 4.74 Å². The van der Waals surface area contributed by atoms with Gasteiger partial charge in [-0.15, -0.1) is 13.2 Å². The SMILES string of the molecule is COc1ccc(CNCCOC(F)(F)F)cc1. The summed E-state index contributed by atoms with van der Waals surface area (Å²) in [4.78, 5) is 0. The van der Waals surface area contributed by atoms with Crippen molar-refractivity contribution < 1.29 is 22.6 Å². The summed E-state index contributed by atoms with van der Waals surface area (Å²) in [6.45, 7) is 0.246. The van der Waals surface area contributed by atoms with Gasteiger partial charge in [0.05, 0.1) is 13.7 Å². The highest BCUT2D eigenvalue weighted by molar-refractivity contribution is 5.26. The minimum atomic E-state index is -4.55. The molecule has 3 nitrogen and oxygen atoms in total. The van der Waals surface area contributed by atoms with Crippen LogP contribution in [-0.2, 0) is 11.3 Å². The molecule has 1 aromatic carbocycles. The lowest BCUT2D eigenvalue weighted by Gasteiger charge is -2.08. The van der Waals surface area contributed by atoms with E-state index < -0.39 is 6.36 Å². The van der Waals surface area contributed by atoms with Crippen molar-refractivity contribution >= 4 is 0 Å². The summed E-state index contributed by atoms with van der Waals surface area (Å²) >= 11 is 0. The minimum Gasteiger partial charge on any atom is -0.497 e. The van der Waals surface area contributed by atoms with Crippen LogP contribution >= 0.6 is 0 Å². The number of nitrogens with one attached hydrogen (secondary N) is 1. The van der Waals surface area contributed by atoms with Crippen LogP contribution < -0.4 is 10.1 Å². The van der Waals surface area contributed by atoms with Crippen LogP contribution in [0.15, 0.2) is 24.3 Å². The van der Waals surface area contributed by atoms with Crippen molar-refractivity contribution in [3.8, 4) is 5.75 Å². The van der Waals surface area contributed by atoms with Crippen LogP contribution in [0.3, 0.4) is 0 Å². The zero-order valence-corrected chi connectivity index (χ0v) is 9.38. The maximum absolute atomic E-state index is 11.6. The zero-order valence-electron chi connectivity index (χ0n) is 9.38. The number of methoxy groups -OCH3 is 1. The average molecular weight is 249 g/mol. The van der Waals surface area contributed by atoms with Crippen molar-refractivity contribution in [2.45, 2.75) is 12.9 Å². The van der Waals surface area contributed by atoms with Crippen LogP contribution in [0.25, 0.3) is 0 Å². The highest BCUT2D eigenvalue weighted by atomic mass is 19.4. The molecule has 0 bridgehead atoms. The summed E-state index contributed by atoms with van der Waals surface area (Å²) in [6.07, 6.45) is -4.55. The Kier molecular flexibility index (Phi) is 5.24. The van der Waals surface area contributed by atoms with Gasteiger partial charge in [-0.25, -0.2) is 0 Å². The highest BCUT2D eigenvalue weighted by Gasteiger charge is 2.28. The average Bonchev–Trinajstić information content (AvgIpc) is 2.28. The lowest BCUT2D eigenvalue weighted by molar-refractivity contribution is -0.323. The first kappa shape index (κ1) is 13.8. The summed E-state index contributed by atoms with van der Waals surface area (Å²) in [5.74, 6) is 0.745. The Morgan fingerprint density at radius 1 is 1.18 bits per heavy atom. The van der Waals surface area contributed by atoms with Gasteiger partial charge in [-0.1, -0.05) is 12.1 Å². The fourth-order valence-electron chi connectivity index (χ4n) is 1.22. The predicted molar refractivity (Wildman–Crippen MR) is 56.7 cm³/mol. The van der Waals surface area contributed by atoms with E-state index in [0.29, 0.717) is 6.54 Å². The van der Waals surface area contributed by atoms with Crippen molar-refractivity contribution in [1.29, 1.82) is 0 Å². The molecule has 0 spiro atoms. The molecule has 6 heteroatoms. The Morgan fingerprint density at radius 3 is 2.35 bits per heavy atom. The first-order valence-corrected chi connectivity index (χ1v) is 5.05. The van der Waals surface area contributed by atoms with Crippen LogP contribution in [0.5, 0.6) is 5.75 Å². The molecule has 17 heavy (non-hydrogen) atoms. The second kappa shape index (κ2) is 6.46. The molecule has 1 rings (SSSR count). The van der Waals surface area contributed by atoms with Gasteiger partial charge >= 0.3 is 6.36 Å². The third kappa shape index (κ3) is 6.13. The monoisotopic (exact) mass is 249 g/mol. The molecule has 0 aliphatic carbocycles. The molecule has 0 heterocycles. The molecule has 0 fully saturated rings. The number of rotatable bonds is 6. The van der Waals surface area contributed by atoms with Crippen molar-refractivity contribution in [2.75, 3.05) is 20.3 Å². The Bertz CT molecular complexity index is 324. The van der Waals surface area contributed by atoms with Gasteiger partial charge in [0.2, 0.25) is 0 Å². The molecule has 0 amide bonds. The molecular weight excluding hydrogens is 235 g/mol. The van der Waals surface area contributed by atoms with Crippen LogP contribution in [0.2, 0.25) is 0 Å². The molecule has 0 saturated heterocycles. The fourth-order valence-corrected chi connectivity index (χ4v) is 1.22. The molecule has 0 unspecified atom stereocenters. The molecule has 1 N–H and O–H groups in total. The van der Waals surface area contributed by atoms with Crippen LogP contribution in [0.4, 0.5) is 13.2 Å². The van der Waals surface area contributed by atoms with Crippen LogP contribution in [0, 0.1) is 0 Å². The molecule has 0 saturated carbocycles. The van der Waals surface area contributed by atoms with Crippen molar-refractivity contribution in [1.82, 2.24) is 5.32 Å². The van der Waals surface area contributed by atoms with Gasteiger partial charge in [0.1, 0.15) is 5.75 Å². The van der Waals surface area contributed by atoms with Gasteiger partial charge in [-0.2, -0.15) is 0 Å². The maximum atomic E-state index is 11.6. The minimum absolute atomic E-state index is 0.144. The number of hydrogen-bond acceptors (Lipinski definition) is 3. The van der Waals surface area contributed by atoms with Gasteiger partial charge in [0.25, 0.3) is 0 Å². The predicted octanol–water partition coefficient (Wildman–Crippen LogP) is 2.32. The van der Waals surface area contributed by atoms with E-state index >= 15 is 0 Å². The van der Waals surface area contributed by atoms with E-state index in [-0.39, 0.29) is 13.2 Å². The number of halogens is 3. The van der Waals surface area contributed by atoms with Crippen LogP contribution in [0.1, 0.15) is 5.56 Å². The standard InChI is InChI=1S/C11H14F3NO2/c1-16-10-4-2-9(3-5-10)8-15-6-7-17-11(12,13)14/h2-5,15H,6-8H2,1H3. The Morgan fingerprint density at radius 2 is 1.82 bits per heavy atom. The number of benzene rings is 1. The first-order chi connectivity index (χ1) is 8.01. The highest BCUT2D eigenvalue weighted by Crippen LogP contribution is 2.15. The molecule has 0 atom stereocenters. The molecule has 0 radical (unpaired) electrons. The smallest absolute Gasteiger partial charge is 0.497 e. The van der Waals surface area contributed by atoms with Gasteiger partial charge in [-0.3, -0.25) is 4.74 Å². The second-order valence-corrected chi connectivity index (χ2v) is 3.32. The van der Waals surface area contributed by atoms with Gasteiger partial charge < -0.3 is 10.1 Å². The summed E-state index contributed by atoms with van der Waals surface area (Å²) in [6, 6.07) is 7.28. The Labute approximate surface area is 97.5 Å². The molecule has 0 aliphatic rings. The number of hydrogen-bond donors (Lipinski definition) is 1. The van der Waals surface area contributed by atoms with E-state index in [1.165, 1.54) is 0 Å². The zero-order chi connectivity index (χ0) is 12.7. The third-order valence-electron chi connectivity index (χ3n) is 2.03. The molecule has 0 aliphatic heterocycles. The summed E-state index contributed by atoms with van der Waals surface area (Å²) in [7, 11) is 1.57. The lowest BCUT2D eigenvalue weighted by Crippen LogP contribution is -2.23. The van der Waals surface area contributed by atoms with Crippen molar-refractivity contribution in [2.24, 2.45) is 0 Å². The van der Waals surface area contributed by atoms with E-state index in [9.17, 15) is 13.2 Å². The second-order valence-electron chi connectivity index (χ2n) is 3.32. The van der Waals surface area contributed by atoms with E-state index in [0.717, 1.165) is 11.3 Å². The normalized spacial score (nSPS) is 11.5. The fraction of sp³-hybridized carbons (Fsp3) is 0.455. The van der Waals surface area contributed by atoms with Crippen LogP contribution in [-0.4, -0.2) is 26.6 Å². The van der Waals surface area contributed by atoms with Gasteiger partial charge in [0, 0.05) is 13.1 Å². The number of alkyl halides is 3. The summed E-state index contributed by atoms with van der Waals surface area (Å²) in [5, 5.41) is 2.85. The topological polar surface area (TPSA) is 30.5 Å². The third-order valence-corrected chi connectivity index (χ3v) is 2.03. The Balaban J connectivity index is 2.18. The van der Waals surface area contributed by atoms with E-state index in [2.05, 4.69) is 10.1 Å². The van der Waals surface area contributed by atoms with Gasteiger partial charge in [-0.05, 0) is 17.7 Å². The maximum Gasteiger partial charge on any atom is 0.522 e. The van der Waals surface area contributed by atoms with E-state index in [1.807, 2.05) is 12.1 Å². The van der Waals surface area contributed by atoms with Crippen molar-refractivity contribution in [3.63, 3.8) is 0 Å². The molecule has 1 aromatic rings. The largest absolute Gasteiger partial charge is 0.522 e. The molecule has 96 valence electrons. The Hall–Kier alpha value is -1.27. The van der Waals surface area contributed by atoms with E-state index in [1.54, 1.807) is 19.2 Å². The molecular formula is C11H14F3NO2. The molecule has 0 aromatic heterocycles. The lowest BCUT2D eigenvalue weighted by atomic mass is 10.2.